The number of aromatic nitrogens is 1. The first kappa shape index (κ1) is 22.5. The van der Waals surface area contributed by atoms with Gasteiger partial charge in [0.25, 0.3) is 15.7 Å². The molecule has 2 atom stereocenters. The van der Waals surface area contributed by atoms with E-state index in [2.05, 4.69) is 10.3 Å². The van der Waals surface area contributed by atoms with Gasteiger partial charge in [-0.15, -0.1) is 0 Å². The van der Waals surface area contributed by atoms with Crippen LogP contribution in [0.4, 0.5) is 23.7 Å². The summed E-state index contributed by atoms with van der Waals surface area (Å²) in [7, 11) is -5.53. The van der Waals surface area contributed by atoms with Crippen molar-refractivity contribution in [3.63, 3.8) is 0 Å². The molecule has 0 radical (unpaired) electrons. The smallest absolute Gasteiger partial charge is 0.478 e. The predicted octanol–water partition coefficient (Wildman–Crippen LogP) is 3.00. The average molecular weight is 457 g/mol. The first-order chi connectivity index (χ1) is 14.5. The second-order valence-corrected chi connectivity index (χ2v) is 8.63. The van der Waals surface area contributed by atoms with Gasteiger partial charge in [0.2, 0.25) is 5.88 Å². The maximum Gasteiger partial charge on any atom is 0.501 e. The molecule has 1 fully saturated rings. The van der Waals surface area contributed by atoms with Gasteiger partial charge in [0.05, 0.1) is 17.2 Å². The molecule has 0 spiro atoms. The van der Waals surface area contributed by atoms with Gasteiger partial charge in [-0.3, -0.25) is 4.79 Å². The van der Waals surface area contributed by atoms with E-state index in [1.54, 1.807) is 26.0 Å². The molecule has 0 aliphatic carbocycles. The van der Waals surface area contributed by atoms with Gasteiger partial charge in [-0.1, -0.05) is 6.92 Å². The minimum atomic E-state index is -5.53. The second kappa shape index (κ2) is 8.17. The lowest BCUT2D eigenvalue weighted by molar-refractivity contribution is -0.118. The summed E-state index contributed by atoms with van der Waals surface area (Å²) in [6.07, 6.45) is 1.51. The van der Waals surface area contributed by atoms with E-state index in [1.165, 1.54) is 6.20 Å². The van der Waals surface area contributed by atoms with Gasteiger partial charge in [0.1, 0.15) is 6.04 Å². The highest BCUT2D eigenvalue weighted by molar-refractivity contribution is 7.92. The summed E-state index contributed by atoms with van der Waals surface area (Å²) >= 11 is 0. The number of carbonyl (C=O) groups is 2. The van der Waals surface area contributed by atoms with Crippen LogP contribution in [0.5, 0.6) is 5.88 Å². The fourth-order valence-electron chi connectivity index (χ4n) is 3.12. The number of carbonyl (C=O) groups excluding carboxylic acids is 2. The van der Waals surface area contributed by atoms with Crippen molar-refractivity contribution >= 4 is 27.5 Å². The first-order valence-electron chi connectivity index (χ1n) is 9.12. The molecule has 3 rings (SSSR count). The number of anilines is 1. The van der Waals surface area contributed by atoms with E-state index in [1.807, 2.05) is 0 Å². The van der Waals surface area contributed by atoms with Crippen LogP contribution >= 0.6 is 0 Å². The number of ether oxygens (including phenoxy) is 1. The molecule has 0 bridgehead atoms. The lowest BCUT2D eigenvalue weighted by atomic mass is 9.94. The third-order valence-electron chi connectivity index (χ3n) is 4.76. The number of rotatable bonds is 6. The Morgan fingerprint density at radius 3 is 2.42 bits per heavy atom. The fraction of sp³-hybridized carbons (Fsp3) is 0.316. The Kier molecular flexibility index (Phi) is 5.94. The van der Waals surface area contributed by atoms with Gasteiger partial charge in [-0.2, -0.15) is 13.2 Å². The Morgan fingerprint density at radius 2 is 1.84 bits per heavy atom. The number of hydrogen-bond acceptors (Lipinski definition) is 6. The van der Waals surface area contributed by atoms with Crippen LogP contribution in [-0.2, 0) is 14.6 Å². The number of halogens is 3. The van der Waals surface area contributed by atoms with Crippen LogP contribution in [0.25, 0.3) is 0 Å². The molecule has 1 aromatic heterocycles. The second-order valence-electron chi connectivity index (χ2n) is 6.69. The van der Waals surface area contributed by atoms with E-state index in [9.17, 15) is 31.2 Å². The molecule has 1 aliphatic heterocycles. The summed E-state index contributed by atoms with van der Waals surface area (Å²) in [5.74, 6) is -0.728. The molecule has 1 saturated heterocycles. The Labute approximate surface area is 175 Å². The predicted molar refractivity (Wildman–Crippen MR) is 103 cm³/mol. The van der Waals surface area contributed by atoms with Crippen molar-refractivity contribution in [3.8, 4) is 5.88 Å². The molecule has 31 heavy (non-hydrogen) atoms. The van der Waals surface area contributed by atoms with Gasteiger partial charge in [-0.05, 0) is 42.8 Å². The third kappa shape index (κ3) is 4.20. The zero-order chi connectivity index (χ0) is 23.0. The summed E-state index contributed by atoms with van der Waals surface area (Å²) < 4.78 is 66.4. The van der Waals surface area contributed by atoms with Gasteiger partial charge >= 0.3 is 11.5 Å². The fourth-order valence-corrected chi connectivity index (χ4v) is 3.88. The van der Waals surface area contributed by atoms with Gasteiger partial charge in [0, 0.05) is 18.2 Å². The summed E-state index contributed by atoms with van der Waals surface area (Å²) in [6, 6.07) is 4.96. The maximum absolute atomic E-state index is 12.9. The standard InChI is InChI=1S/C19H18F3N3O5S/c1-3-30-15-10-12(8-9-23-15)11(2)16-17(26)25(18(27)24-16)13-4-6-14(7-5-13)31(28,29)19(20,21)22/h4-11,16H,3H2,1-2H3,(H,24,27). The van der Waals surface area contributed by atoms with E-state index < -0.39 is 44.1 Å². The Balaban J connectivity index is 1.84. The molecule has 3 amide bonds. The Morgan fingerprint density at radius 1 is 1.19 bits per heavy atom. The molecular formula is C19H18F3N3O5S. The number of nitrogens with one attached hydrogen (secondary N) is 1. The van der Waals surface area contributed by atoms with Crippen LogP contribution in [0.15, 0.2) is 47.5 Å². The van der Waals surface area contributed by atoms with Crippen molar-refractivity contribution in [2.45, 2.75) is 36.2 Å². The van der Waals surface area contributed by atoms with Crippen LogP contribution in [0.3, 0.4) is 0 Å². The average Bonchev–Trinajstić information content (AvgIpc) is 3.01. The molecule has 12 heteroatoms. The largest absolute Gasteiger partial charge is 0.501 e. The number of benzene rings is 1. The van der Waals surface area contributed by atoms with Crippen molar-refractivity contribution in [3.05, 3.63) is 48.2 Å². The summed E-state index contributed by atoms with van der Waals surface area (Å²) in [5.41, 5.74) is -4.82. The summed E-state index contributed by atoms with van der Waals surface area (Å²) in [5, 5.41) is 2.55. The normalized spacial score (nSPS) is 18.1. The summed E-state index contributed by atoms with van der Waals surface area (Å²) in [4.78, 5) is 29.1. The third-order valence-corrected chi connectivity index (χ3v) is 6.26. The molecule has 2 heterocycles. The van der Waals surface area contributed by atoms with Crippen LogP contribution in [0, 0.1) is 0 Å². The van der Waals surface area contributed by atoms with Crippen molar-refractivity contribution in [1.29, 1.82) is 0 Å². The molecule has 166 valence electrons. The molecule has 8 nitrogen and oxygen atoms in total. The quantitative estimate of drug-likeness (QED) is 0.669. The topological polar surface area (TPSA) is 106 Å². The van der Waals surface area contributed by atoms with Gasteiger partial charge in [0.15, 0.2) is 0 Å². The number of nitrogens with zero attached hydrogens (tertiary/aromatic N) is 2. The number of alkyl halides is 3. The maximum atomic E-state index is 12.9. The molecule has 1 aliphatic rings. The van der Waals surface area contributed by atoms with E-state index in [0.29, 0.717) is 30.2 Å². The molecule has 2 aromatic rings. The number of urea groups is 1. The van der Waals surface area contributed by atoms with Crippen LogP contribution in [-0.4, -0.2) is 43.5 Å². The Bertz CT molecular complexity index is 1100. The number of sulfone groups is 1. The van der Waals surface area contributed by atoms with Crippen LogP contribution < -0.4 is 15.0 Å². The van der Waals surface area contributed by atoms with E-state index in [-0.39, 0.29) is 5.69 Å². The lowest BCUT2D eigenvalue weighted by Crippen LogP contribution is -2.35. The molecular weight excluding hydrogens is 439 g/mol. The van der Waals surface area contributed by atoms with Gasteiger partial charge < -0.3 is 10.1 Å². The zero-order valence-electron chi connectivity index (χ0n) is 16.4. The van der Waals surface area contributed by atoms with E-state index in [0.717, 1.165) is 17.0 Å². The zero-order valence-corrected chi connectivity index (χ0v) is 17.2. The monoisotopic (exact) mass is 457 g/mol. The number of hydrogen-bond donors (Lipinski definition) is 1. The van der Waals surface area contributed by atoms with Crippen LogP contribution in [0.2, 0.25) is 0 Å². The van der Waals surface area contributed by atoms with E-state index in [4.69, 9.17) is 4.74 Å². The number of amides is 3. The van der Waals surface area contributed by atoms with Crippen molar-refractivity contribution < 1.29 is 35.9 Å². The SMILES string of the molecule is CCOc1cc(C(C)C2NC(=O)N(c3ccc(S(=O)(=O)C(F)(F)F)cc3)C2=O)ccn1. The molecule has 1 N–H and O–H groups in total. The summed E-state index contributed by atoms with van der Waals surface area (Å²) in [6.45, 7) is 3.91. The highest BCUT2D eigenvalue weighted by Crippen LogP contribution is 2.33. The minimum Gasteiger partial charge on any atom is -0.478 e. The van der Waals surface area contributed by atoms with Crippen molar-refractivity contribution in [2.24, 2.45) is 0 Å². The minimum absolute atomic E-state index is 0.0527. The lowest BCUT2D eigenvalue weighted by Gasteiger charge is -2.19. The van der Waals surface area contributed by atoms with Crippen LogP contribution in [0.1, 0.15) is 25.3 Å². The van der Waals surface area contributed by atoms with Gasteiger partial charge in [-0.25, -0.2) is 23.1 Å². The number of pyridine rings is 1. The van der Waals surface area contributed by atoms with E-state index >= 15 is 0 Å². The molecule has 2 unspecified atom stereocenters. The Hall–Kier alpha value is -3.15. The highest BCUT2D eigenvalue weighted by atomic mass is 32.2. The first-order valence-corrected chi connectivity index (χ1v) is 10.6. The molecule has 1 aromatic carbocycles. The number of imide groups is 1. The highest BCUT2D eigenvalue weighted by Gasteiger charge is 2.47. The van der Waals surface area contributed by atoms with Crippen molar-refractivity contribution in [2.75, 3.05) is 11.5 Å². The molecule has 0 saturated carbocycles. The van der Waals surface area contributed by atoms with Crippen molar-refractivity contribution in [1.82, 2.24) is 10.3 Å².